The summed E-state index contributed by atoms with van der Waals surface area (Å²) >= 11 is 0. The molecule has 0 atom stereocenters. The molecule has 1 aliphatic rings. The fraction of sp³-hybridized carbons (Fsp3) is 0.261. The van der Waals surface area contributed by atoms with Crippen molar-refractivity contribution in [1.82, 2.24) is 14.9 Å². The summed E-state index contributed by atoms with van der Waals surface area (Å²) in [4.78, 5) is 25.3. The third-order valence-electron chi connectivity index (χ3n) is 5.32. The Kier molecular flexibility index (Phi) is 5.88. The lowest BCUT2D eigenvalue weighted by Crippen LogP contribution is -2.50. The van der Waals surface area contributed by atoms with Gasteiger partial charge in [-0.3, -0.25) is 0 Å². The number of piperazine rings is 1. The number of rotatable bonds is 4. The van der Waals surface area contributed by atoms with Gasteiger partial charge in [0.25, 0.3) is 0 Å². The molecule has 6 nitrogen and oxygen atoms in total. The van der Waals surface area contributed by atoms with Crippen molar-refractivity contribution >= 4 is 17.5 Å². The number of carbonyl (C=O) groups excluding carboxylic acids is 1. The van der Waals surface area contributed by atoms with Crippen molar-refractivity contribution in [3.63, 3.8) is 0 Å². The van der Waals surface area contributed by atoms with Crippen LogP contribution in [0.5, 0.6) is 0 Å². The van der Waals surface area contributed by atoms with E-state index in [1.807, 2.05) is 35.2 Å². The lowest BCUT2D eigenvalue weighted by molar-refractivity contribution is 0.208. The van der Waals surface area contributed by atoms with E-state index < -0.39 is 0 Å². The molecule has 1 aromatic heterocycles. The summed E-state index contributed by atoms with van der Waals surface area (Å²) in [6.45, 7) is 4.66. The van der Waals surface area contributed by atoms with Gasteiger partial charge in [0.2, 0.25) is 0 Å². The molecular formula is C23H24FN5O. The minimum atomic E-state index is -0.274. The lowest BCUT2D eigenvalue weighted by Gasteiger charge is -2.35. The number of benzene rings is 2. The number of carbonyl (C=O) groups is 1. The summed E-state index contributed by atoms with van der Waals surface area (Å²) in [6, 6.07) is 16.0. The topological polar surface area (TPSA) is 61.4 Å². The molecule has 30 heavy (non-hydrogen) atoms. The molecule has 1 fully saturated rings. The van der Waals surface area contributed by atoms with Gasteiger partial charge in [0.1, 0.15) is 18.0 Å². The van der Waals surface area contributed by atoms with E-state index in [1.165, 1.54) is 18.5 Å². The van der Waals surface area contributed by atoms with Gasteiger partial charge in [-0.2, -0.15) is 0 Å². The molecule has 0 spiro atoms. The molecular weight excluding hydrogens is 381 g/mol. The Morgan fingerprint density at radius 2 is 1.77 bits per heavy atom. The fourth-order valence-corrected chi connectivity index (χ4v) is 3.58. The lowest BCUT2D eigenvalue weighted by atomic mass is 10.1. The molecule has 1 aliphatic heterocycles. The normalized spacial score (nSPS) is 13.9. The van der Waals surface area contributed by atoms with Crippen LogP contribution in [0.4, 0.5) is 20.7 Å². The first kappa shape index (κ1) is 19.8. The highest BCUT2D eigenvalue weighted by atomic mass is 19.1. The van der Waals surface area contributed by atoms with Gasteiger partial charge >= 0.3 is 6.03 Å². The minimum absolute atomic E-state index is 0.0785. The number of hydrogen-bond acceptors (Lipinski definition) is 4. The standard InChI is InChI=1S/C23H24FN5O/c1-2-17-5-3-4-6-20(17)27-23(30)29-13-11-28(12-14-29)22-15-21(25-16-26-22)18-7-9-19(24)10-8-18/h3-10,15-16H,2,11-14H2,1H3,(H,27,30). The number of halogens is 1. The zero-order valence-corrected chi connectivity index (χ0v) is 16.9. The van der Waals surface area contributed by atoms with Crippen LogP contribution in [0.3, 0.4) is 0 Å². The van der Waals surface area contributed by atoms with Crippen molar-refractivity contribution in [3.05, 3.63) is 72.3 Å². The maximum absolute atomic E-state index is 13.2. The van der Waals surface area contributed by atoms with E-state index >= 15 is 0 Å². The quantitative estimate of drug-likeness (QED) is 0.707. The zero-order chi connectivity index (χ0) is 20.9. The van der Waals surface area contributed by atoms with E-state index in [9.17, 15) is 9.18 Å². The molecule has 7 heteroatoms. The number of aromatic nitrogens is 2. The number of nitrogens with one attached hydrogen (secondary N) is 1. The van der Waals surface area contributed by atoms with Crippen LogP contribution in [-0.2, 0) is 6.42 Å². The Balaban J connectivity index is 1.39. The van der Waals surface area contributed by atoms with Gasteiger partial charge in [0.05, 0.1) is 5.69 Å². The van der Waals surface area contributed by atoms with Crippen molar-refractivity contribution in [1.29, 1.82) is 0 Å². The van der Waals surface area contributed by atoms with Gasteiger partial charge < -0.3 is 15.1 Å². The average Bonchev–Trinajstić information content (AvgIpc) is 2.80. The van der Waals surface area contributed by atoms with E-state index in [0.29, 0.717) is 26.2 Å². The molecule has 154 valence electrons. The molecule has 0 aliphatic carbocycles. The Morgan fingerprint density at radius 1 is 1.03 bits per heavy atom. The van der Waals surface area contributed by atoms with Gasteiger partial charge in [-0.05, 0) is 42.3 Å². The number of urea groups is 1. The van der Waals surface area contributed by atoms with Crippen LogP contribution in [0.2, 0.25) is 0 Å². The van der Waals surface area contributed by atoms with Gasteiger partial charge in [0.15, 0.2) is 0 Å². The summed E-state index contributed by atoms with van der Waals surface area (Å²) in [5, 5.41) is 3.03. The largest absolute Gasteiger partial charge is 0.353 e. The summed E-state index contributed by atoms with van der Waals surface area (Å²) in [5.41, 5.74) is 3.58. The summed E-state index contributed by atoms with van der Waals surface area (Å²) in [7, 11) is 0. The summed E-state index contributed by atoms with van der Waals surface area (Å²) in [6.07, 6.45) is 2.39. The summed E-state index contributed by atoms with van der Waals surface area (Å²) in [5.74, 6) is 0.532. The minimum Gasteiger partial charge on any atom is -0.353 e. The Hall–Kier alpha value is -3.48. The fourth-order valence-electron chi connectivity index (χ4n) is 3.58. The van der Waals surface area contributed by atoms with Gasteiger partial charge in [0, 0.05) is 43.5 Å². The molecule has 4 rings (SSSR count). The van der Waals surface area contributed by atoms with Crippen LogP contribution in [0, 0.1) is 5.82 Å². The van der Waals surface area contributed by atoms with Crippen molar-refractivity contribution < 1.29 is 9.18 Å². The van der Waals surface area contributed by atoms with E-state index in [2.05, 4.69) is 27.1 Å². The average molecular weight is 405 g/mol. The van der Waals surface area contributed by atoms with Crippen molar-refractivity contribution in [2.75, 3.05) is 36.4 Å². The monoisotopic (exact) mass is 405 g/mol. The third kappa shape index (κ3) is 4.40. The van der Waals surface area contributed by atoms with Crippen LogP contribution in [0.1, 0.15) is 12.5 Å². The third-order valence-corrected chi connectivity index (χ3v) is 5.32. The molecule has 1 saturated heterocycles. The number of amides is 2. The number of anilines is 2. The highest BCUT2D eigenvalue weighted by molar-refractivity contribution is 5.90. The predicted molar refractivity (Wildman–Crippen MR) is 116 cm³/mol. The maximum atomic E-state index is 13.2. The predicted octanol–water partition coefficient (Wildman–Crippen LogP) is 4.20. The second-order valence-corrected chi connectivity index (χ2v) is 7.18. The SMILES string of the molecule is CCc1ccccc1NC(=O)N1CCN(c2cc(-c3ccc(F)cc3)ncn2)CC1. The second-order valence-electron chi connectivity index (χ2n) is 7.18. The first-order chi connectivity index (χ1) is 14.6. The number of aryl methyl sites for hydroxylation is 1. The van der Waals surface area contributed by atoms with Gasteiger partial charge in [-0.1, -0.05) is 25.1 Å². The van der Waals surface area contributed by atoms with Crippen LogP contribution in [0.25, 0.3) is 11.3 Å². The van der Waals surface area contributed by atoms with Crippen LogP contribution in [-0.4, -0.2) is 47.1 Å². The van der Waals surface area contributed by atoms with E-state index in [1.54, 1.807) is 12.1 Å². The van der Waals surface area contributed by atoms with Crippen molar-refractivity contribution in [2.45, 2.75) is 13.3 Å². The number of hydrogen-bond donors (Lipinski definition) is 1. The molecule has 3 aromatic rings. The molecule has 2 aromatic carbocycles. The zero-order valence-electron chi connectivity index (χ0n) is 16.9. The molecule has 0 radical (unpaired) electrons. The molecule has 1 N–H and O–H groups in total. The van der Waals surface area contributed by atoms with Gasteiger partial charge in [-0.25, -0.2) is 19.2 Å². The molecule has 0 unspecified atom stereocenters. The smallest absolute Gasteiger partial charge is 0.321 e. The van der Waals surface area contributed by atoms with Crippen molar-refractivity contribution in [2.24, 2.45) is 0 Å². The number of nitrogens with zero attached hydrogens (tertiary/aromatic N) is 4. The van der Waals surface area contributed by atoms with Gasteiger partial charge in [-0.15, -0.1) is 0 Å². The highest BCUT2D eigenvalue weighted by Crippen LogP contribution is 2.22. The van der Waals surface area contributed by atoms with E-state index in [4.69, 9.17) is 0 Å². The molecule has 0 saturated carbocycles. The maximum Gasteiger partial charge on any atom is 0.321 e. The summed E-state index contributed by atoms with van der Waals surface area (Å²) < 4.78 is 13.2. The van der Waals surface area contributed by atoms with Crippen LogP contribution < -0.4 is 10.2 Å². The first-order valence-electron chi connectivity index (χ1n) is 10.1. The van der Waals surface area contributed by atoms with E-state index in [-0.39, 0.29) is 11.8 Å². The Morgan fingerprint density at radius 3 is 2.50 bits per heavy atom. The molecule has 2 heterocycles. The second kappa shape index (κ2) is 8.90. The van der Waals surface area contributed by atoms with Crippen molar-refractivity contribution in [3.8, 4) is 11.3 Å². The first-order valence-corrected chi connectivity index (χ1v) is 10.1. The highest BCUT2D eigenvalue weighted by Gasteiger charge is 2.22. The van der Waals surface area contributed by atoms with E-state index in [0.717, 1.165) is 34.7 Å². The molecule has 2 amide bonds. The molecule has 0 bridgehead atoms. The Bertz CT molecular complexity index is 1020. The van der Waals surface area contributed by atoms with Crippen LogP contribution in [0.15, 0.2) is 60.9 Å². The Labute approximate surface area is 175 Å². The van der Waals surface area contributed by atoms with Crippen LogP contribution >= 0.6 is 0 Å². The number of para-hydroxylation sites is 1.